The van der Waals surface area contributed by atoms with Crippen LogP contribution < -0.4 is 4.74 Å². The van der Waals surface area contributed by atoms with Gasteiger partial charge in [0.15, 0.2) is 11.6 Å². The molecule has 2 aromatic carbocycles. The number of methoxy groups -OCH3 is 1. The molecule has 34 heavy (non-hydrogen) atoms. The second-order valence-corrected chi connectivity index (χ2v) is 8.45. The predicted octanol–water partition coefficient (Wildman–Crippen LogP) is 4.97. The first kappa shape index (κ1) is 23.2. The fraction of sp³-hybridized carbons (Fsp3) is 0.222. The number of hydrogen-bond donors (Lipinski definition) is 1. The van der Waals surface area contributed by atoms with E-state index in [1.807, 2.05) is 24.3 Å². The first-order chi connectivity index (χ1) is 16.3. The van der Waals surface area contributed by atoms with Gasteiger partial charge < -0.3 is 14.7 Å². The normalized spacial score (nSPS) is 17.4. The second-order valence-electron chi connectivity index (χ2n) is 8.45. The highest BCUT2D eigenvalue weighted by atomic mass is 19.1. The number of pyridine rings is 1. The lowest BCUT2D eigenvalue weighted by atomic mass is 9.93. The quantitative estimate of drug-likeness (QED) is 0.319. The van der Waals surface area contributed by atoms with Crippen molar-refractivity contribution in [1.82, 2.24) is 9.88 Å². The zero-order chi connectivity index (χ0) is 24.4. The summed E-state index contributed by atoms with van der Waals surface area (Å²) in [5, 5.41) is 11.1. The van der Waals surface area contributed by atoms with Crippen LogP contribution in [0.1, 0.15) is 48.1 Å². The van der Waals surface area contributed by atoms with Crippen LogP contribution in [0.25, 0.3) is 5.76 Å². The Hall–Kier alpha value is -4.00. The van der Waals surface area contributed by atoms with Crippen LogP contribution in [0.3, 0.4) is 0 Å². The van der Waals surface area contributed by atoms with E-state index in [2.05, 4.69) is 18.8 Å². The summed E-state index contributed by atoms with van der Waals surface area (Å²) < 4.78 is 19.3. The molecule has 0 radical (unpaired) electrons. The maximum absolute atomic E-state index is 14.3. The van der Waals surface area contributed by atoms with Gasteiger partial charge in [0, 0.05) is 24.5 Å². The minimum atomic E-state index is -0.834. The van der Waals surface area contributed by atoms with E-state index in [0.29, 0.717) is 11.5 Å². The molecule has 0 spiro atoms. The summed E-state index contributed by atoms with van der Waals surface area (Å²) in [4.78, 5) is 31.7. The molecule has 2 heterocycles. The molecule has 6 nitrogen and oxygen atoms in total. The van der Waals surface area contributed by atoms with E-state index in [1.165, 1.54) is 24.1 Å². The number of carbonyl (C=O) groups is 2. The Bertz CT molecular complexity index is 1250. The van der Waals surface area contributed by atoms with Crippen molar-refractivity contribution in [1.29, 1.82) is 0 Å². The summed E-state index contributed by atoms with van der Waals surface area (Å²) in [5.41, 5.74) is 2.57. The van der Waals surface area contributed by atoms with Crippen LogP contribution in [0.15, 0.2) is 72.6 Å². The van der Waals surface area contributed by atoms with Gasteiger partial charge in [-0.3, -0.25) is 14.6 Å². The topological polar surface area (TPSA) is 79.7 Å². The van der Waals surface area contributed by atoms with Crippen LogP contribution in [0.5, 0.6) is 5.75 Å². The van der Waals surface area contributed by atoms with E-state index in [1.54, 1.807) is 24.5 Å². The third-order valence-corrected chi connectivity index (χ3v) is 5.99. The van der Waals surface area contributed by atoms with E-state index in [4.69, 9.17) is 4.74 Å². The van der Waals surface area contributed by atoms with Crippen LogP contribution in [0.4, 0.5) is 4.39 Å². The lowest BCUT2D eigenvalue weighted by molar-refractivity contribution is -0.140. The van der Waals surface area contributed by atoms with Crippen LogP contribution >= 0.6 is 0 Å². The van der Waals surface area contributed by atoms with Gasteiger partial charge in [0.05, 0.1) is 18.7 Å². The van der Waals surface area contributed by atoms with Gasteiger partial charge in [-0.15, -0.1) is 0 Å². The molecule has 4 rings (SSSR count). The molecule has 0 bridgehead atoms. The Morgan fingerprint density at radius 3 is 2.35 bits per heavy atom. The smallest absolute Gasteiger partial charge is 0.295 e. The summed E-state index contributed by atoms with van der Waals surface area (Å²) in [6.07, 6.45) is 3.22. The van der Waals surface area contributed by atoms with Crippen LogP contribution in [0, 0.1) is 5.82 Å². The average molecular weight is 461 g/mol. The van der Waals surface area contributed by atoms with E-state index in [-0.39, 0.29) is 23.4 Å². The first-order valence-corrected chi connectivity index (χ1v) is 10.9. The van der Waals surface area contributed by atoms with Gasteiger partial charge in [-0.25, -0.2) is 4.39 Å². The van der Waals surface area contributed by atoms with Gasteiger partial charge in [0.1, 0.15) is 5.76 Å². The molecule has 1 aromatic heterocycles. The Morgan fingerprint density at radius 1 is 1.09 bits per heavy atom. The van der Waals surface area contributed by atoms with E-state index in [9.17, 15) is 19.1 Å². The zero-order valence-electron chi connectivity index (χ0n) is 19.2. The fourth-order valence-electron chi connectivity index (χ4n) is 4.11. The van der Waals surface area contributed by atoms with Crippen molar-refractivity contribution >= 4 is 17.4 Å². The second kappa shape index (κ2) is 9.47. The molecule has 174 valence electrons. The van der Waals surface area contributed by atoms with Gasteiger partial charge in [0.2, 0.25) is 0 Å². The van der Waals surface area contributed by atoms with Crippen molar-refractivity contribution in [2.24, 2.45) is 0 Å². The number of amides is 1. The molecular formula is C27H25FN2O4. The number of aliphatic hydroxyl groups is 1. The third-order valence-electron chi connectivity index (χ3n) is 5.99. The Balaban J connectivity index is 1.85. The molecule has 1 fully saturated rings. The molecule has 1 aliphatic heterocycles. The van der Waals surface area contributed by atoms with Crippen molar-refractivity contribution in [2.75, 3.05) is 7.11 Å². The van der Waals surface area contributed by atoms with E-state index >= 15 is 0 Å². The molecule has 7 heteroatoms. The Kier molecular flexibility index (Phi) is 6.45. The van der Waals surface area contributed by atoms with Crippen molar-refractivity contribution in [2.45, 2.75) is 32.4 Å². The van der Waals surface area contributed by atoms with Crippen molar-refractivity contribution in [3.8, 4) is 5.75 Å². The summed E-state index contributed by atoms with van der Waals surface area (Å²) in [6, 6.07) is 14.2. The number of carbonyl (C=O) groups excluding carboxylic acids is 2. The number of likely N-dealkylation sites (tertiary alicyclic amines) is 1. The van der Waals surface area contributed by atoms with Crippen LogP contribution in [-0.2, 0) is 16.1 Å². The molecule has 1 atom stereocenters. The molecule has 0 aliphatic carbocycles. The fourth-order valence-corrected chi connectivity index (χ4v) is 4.11. The molecule has 1 amide bonds. The van der Waals surface area contributed by atoms with Gasteiger partial charge in [-0.2, -0.15) is 0 Å². The molecule has 1 unspecified atom stereocenters. The highest BCUT2D eigenvalue weighted by molar-refractivity contribution is 6.46. The predicted molar refractivity (Wildman–Crippen MR) is 126 cm³/mol. The van der Waals surface area contributed by atoms with Gasteiger partial charge in [-0.1, -0.05) is 38.1 Å². The maximum Gasteiger partial charge on any atom is 0.295 e. The first-order valence-electron chi connectivity index (χ1n) is 10.9. The monoisotopic (exact) mass is 460 g/mol. The van der Waals surface area contributed by atoms with Crippen molar-refractivity contribution < 1.29 is 23.8 Å². The van der Waals surface area contributed by atoms with E-state index in [0.717, 1.165) is 17.2 Å². The minimum Gasteiger partial charge on any atom is -0.507 e. The Labute approximate surface area is 197 Å². The Morgan fingerprint density at radius 2 is 1.76 bits per heavy atom. The number of Topliss-reactive ketones (excluding diaryl/α,β-unsaturated/α-hetero) is 1. The third kappa shape index (κ3) is 4.29. The van der Waals surface area contributed by atoms with Crippen LogP contribution in [-0.4, -0.2) is 33.8 Å². The van der Waals surface area contributed by atoms with Crippen molar-refractivity contribution in [3.05, 3.63) is 101 Å². The highest BCUT2D eigenvalue weighted by Crippen LogP contribution is 2.41. The summed E-state index contributed by atoms with van der Waals surface area (Å²) in [5.74, 6) is -2.36. The van der Waals surface area contributed by atoms with Crippen molar-refractivity contribution in [3.63, 3.8) is 0 Å². The zero-order valence-corrected chi connectivity index (χ0v) is 19.2. The number of ketones is 1. The number of hydrogen-bond acceptors (Lipinski definition) is 5. The number of benzene rings is 2. The molecule has 0 saturated carbocycles. The average Bonchev–Trinajstić information content (AvgIpc) is 3.09. The number of aromatic nitrogens is 1. The molecule has 1 saturated heterocycles. The lowest BCUT2D eigenvalue weighted by Gasteiger charge is -2.25. The summed E-state index contributed by atoms with van der Waals surface area (Å²) in [7, 11) is 1.34. The van der Waals surface area contributed by atoms with Gasteiger partial charge >= 0.3 is 0 Å². The molecular weight excluding hydrogens is 435 g/mol. The molecule has 3 aromatic rings. The summed E-state index contributed by atoms with van der Waals surface area (Å²) in [6.45, 7) is 4.29. The molecule has 1 aliphatic rings. The highest BCUT2D eigenvalue weighted by Gasteiger charge is 2.46. The van der Waals surface area contributed by atoms with Gasteiger partial charge in [-0.05, 0) is 52.9 Å². The number of halogens is 1. The van der Waals surface area contributed by atoms with Gasteiger partial charge in [0.25, 0.3) is 11.7 Å². The SMILES string of the molecule is COc1ccc(C(O)=C2C(=O)C(=O)N(Cc3ccncc3)C2c2ccc(C(C)C)cc2)cc1F. The lowest BCUT2D eigenvalue weighted by Crippen LogP contribution is -2.29. The molecule has 1 N–H and O–H groups in total. The summed E-state index contributed by atoms with van der Waals surface area (Å²) >= 11 is 0. The number of nitrogens with zero attached hydrogens (tertiary/aromatic N) is 2. The largest absolute Gasteiger partial charge is 0.507 e. The van der Waals surface area contributed by atoms with Crippen LogP contribution in [0.2, 0.25) is 0 Å². The number of aliphatic hydroxyl groups excluding tert-OH is 1. The minimum absolute atomic E-state index is 0.00973. The van der Waals surface area contributed by atoms with E-state index < -0.39 is 29.3 Å². The number of ether oxygens (including phenoxy) is 1. The standard InChI is InChI=1S/C27H25FN2O4/c1-16(2)18-4-6-19(7-5-18)24-23(25(31)20-8-9-22(34-3)21(28)14-20)26(32)27(33)30(24)15-17-10-12-29-13-11-17/h4-14,16,24,31H,15H2,1-3H3. The number of rotatable bonds is 6. The maximum atomic E-state index is 14.3.